The number of rotatable bonds is 3. The van der Waals surface area contributed by atoms with Crippen LogP contribution in [0.3, 0.4) is 0 Å². The number of amides is 4. The van der Waals surface area contributed by atoms with Crippen LogP contribution in [0, 0.1) is 0 Å². The lowest BCUT2D eigenvalue weighted by atomic mass is 10.0. The first-order valence-electron chi connectivity index (χ1n) is 8.46. The van der Waals surface area contributed by atoms with Crippen molar-refractivity contribution in [2.75, 3.05) is 33.2 Å². The lowest BCUT2D eigenvalue weighted by molar-refractivity contribution is -0.140. The van der Waals surface area contributed by atoms with Crippen molar-refractivity contribution in [3.63, 3.8) is 0 Å². The Morgan fingerprint density at radius 1 is 1.20 bits per heavy atom. The number of benzene rings is 1. The van der Waals surface area contributed by atoms with Crippen LogP contribution in [0.15, 0.2) is 30.3 Å². The molecule has 2 fully saturated rings. The van der Waals surface area contributed by atoms with Gasteiger partial charge in [0.25, 0.3) is 5.91 Å². The maximum Gasteiger partial charge on any atom is 0.325 e. The fourth-order valence-electron chi connectivity index (χ4n) is 3.33. The molecule has 1 N–H and O–H groups in total. The Morgan fingerprint density at radius 3 is 2.48 bits per heavy atom. The Balaban J connectivity index is 1.69. The number of piperazine rings is 1. The summed E-state index contributed by atoms with van der Waals surface area (Å²) < 4.78 is 0. The van der Waals surface area contributed by atoms with Crippen molar-refractivity contribution in [2.24, 2.45) is 0 Å². The molecule has 0 aromatic heterocycles. The molecule has 1 aromatic carbocycles. The van der Waals surface area contributed by atoms with E-state index in [1.165, 1.54) is 0 Å². The molecule has 0 spiro atoms. The average Bonchev–Trinajstić information content (AvgIpc) is 2.77. The number of imide groups is 1. The van der Waals surface area contributed by atoms with E-state index >= 15 is 0 Å². The zero-order chi connectivity index (χ0) is 18.2. The molecule has 3 rings (SSSR count). The first-order valence-corrected chi connectivity index (χ1v) is 8.46. The normalized spacial score (nSPS) is 23.7. The molecule has 2 aliphatic heterocycles. The molecule has 0 aliphatic carbocycles. The Labute approximate surface area is 147 Å². The molecule has 7 heteroatoms. The van der Waals surface area contributed by atoms with Crippen molar-refractivity contribution in [2.45, 2.75) is 25.4 Å². The van der Waals surface area contributed by atoms with Gasteiger partial charge in [-0.15, -0.1) is 0 Å². The summed E-state index contributed by atoms with van der Waals surface area (Å²) in [5.41, 5.74) is 0.199. The van der Waals surface area contributed by atoms with E-state index < -0.39 is 11.6 Å². The predicted molar refractivity (Wildman–Crippen MR) is 92.7 cm³/mol. The van der Waals surface area contributed by atoms with Crippen LogP contribution < -0.4 is 5.32 Å². The summed E-state index contributed by atoms with van der Waals surface area (Å²) >= 11 is 0. The Hall–Kier alpha value is -2.41. The molecule has 25 heavy (non-hydrogen) atoms. The molecular formula is C18H24N4O3. The van der Waals surface area contributed by atoms with Gasteiger partial charge in [0.05, 0.1) is 6.04 Å². The topological polar surface area (TPSA) is 73.0 Å². The predicted octanol–water partition coefficient (Wildman–Crippen LogP) is 0.832. The summed E-state index contributed by atoms with van der Waals surface area (Å²) in [6.45, 7) is 4.95. The van der Waals surface area contributed by atoms with Gasteiger partial charge in [-0.2, -0.15) is 0 Å². The molecule has 7 nitrogen and oxygen atoms in total. The molecule has 2 heterocycles. The van der Waals surface area contributed by atoms with E-state index in [1.807, 2.05) is 25.2 Å². The second-order valence-corrected chi connectivity index (χ2v) is 7.19. The SMILES string of the molecule is CN1CCN(C(=O)CN2C(=O)NC(C)(C)C2=O)C[C@@H]1c1ccccc1. The summed E-state index contributed by atoms with van der Waals surface area (Å²) in [5, 5.41) is 2.60. The highest BCUT2D eigenvalue weighted by Gasteiger charge is 2.45. The quantitative estimate of drug-likeness (QED) is 0.825. The number of hydrogen-bond donors (Lipinski definition) is 1. The van der Waals surface area contributed by atoms with E-state index in [0.29, 0.717) is 13.1 Å². The maximum absolute atomic E-state index is 12.7. The minimum atomic E-state index is -0.952. The molecule has 1 aromatic rings. The second-order valence-electron chi connectivity index (χ2n) is 7.19. The summed E-state index contributed by atoms with van der Waals surface area (Å²) in [4.78, 5) is 41.9. The summed E-state index contributed by atoms with van der Waals surface area (Å²) in [5.74, 6) is -0.560. The van der Waals surface area contributed by atoms with Gasteiger partial charge in [-0.25, -0.2) is 4.79 Å². The average molecular weight is 344 g/mol. The van der Waals surface area contributed by atoms with Gasteiger partial charge in [0.1, 0.15) is 12.1 Å². The number of carbonyl (C=O) groups excluding carboxylic acids is 3. The molecule has 0 bridgehead atoms. The van der Waals surface area contributed by atoms with E-state index in [4.69, 9.17) is 0 Å². The number of urea groups is 1. The largest absolute Gasteiger partial charge is 0.338 e. The van der Waals surface area contributed by atoms with E-state index in [1.54, 1.807) is 18.7 Å². The van der Waals surface area contributed by atoms with E-state index in [-0.39, 0.29) is 24.4 Å². The van der Waals surface area contributed by atoms with E-state index in [0.717, 1.165) is 17.0 Å². The third-order valence-corrected chi connectivity index (χ3v) is 4.92. The molecule has 1 atom stereocenters. The highest BCUT2D eigenvalue weighted by molar-refractivity contribution is 6.08. The van der Waals surface area contributed by atoms with E-state index in [9.17, 15) is 14.4 Å². The number of likely N-dealkylation sites (N-methyl/N-ethyl adjacent to an activating group) is 1. The van der Waals surface area contributed by atoms with Gasteiger partial charge < -0.3 is 10.2 Å². The highest BCUT2D eigenvalue weighted by atomic mass is 16.2. The molecule has 4 amide bonds. The summed E-state index contributed by atoms with van der Waals surface area (Å²) in [6, 6.07) is 9.65. The lowest BCUT2D eigenvalue weighted by Crippen LogP contribution is -2.52. The molecular weight excluding hydrogens is 320 g/mol. The first-order chi connectivity index (χ1) is 11.8. The number of carbonyl (C=O) groups is 3. The van der Waals surface area contributed by atoms with Crippen molar-refractivity contribution >= 4 is 17.8 Å². The van der Waals surface area contributed by atoms with Gasteiger partial charge in [0.15, 0.2) is 0 Å². The Morgan fingerprint density at radius 2 is 1.88 bits per heavy atom. The van der Waals surface area contributed by atoms with Gasteiger partial charge in [0, 0.05) is 19.6 Å². The van der Waals surface area contributed by atoms with Gasteiger partial charge in [-0.05, 0) is 26.5 Å². The van der Waals surface area contributed by atoms with Crippen LogP contribution in [0.1, 0.15) is 25.5 Å². The molecule has 134 valence electrons. The van der Waals surface area contributed by atoms with Gasteiger partial charge in [-0.3, -0.25) is 19.4 Å². The number of hydrogen-bond acceptors (Lipinski definition) is 4. The standard InChI is InChI=1S/C18H24N4O3/c1-18(2)16(24)22(17(25)19-18)12-15(23)21-10-9-20(3)14(11-21)13-7-5-4-6-8-13/h4-8,14H,9-12H2,1-3H3,(H,19,25)/t14-/m1/s1. The van der Waals surface area contributed by atoms with Crippen molar-refractivity contribution in [3.8, 4) is 0 Å². The molecule has 0 radical (unpaired) electrons. The van der Waals surface area contributed by atoms with Gasteiger partial charge in [0.2, 0.25) is 5.91 Å². The van der Waals surface area contributed by atoms with Crippen LogP contribution in [-0.2, 0) is 9.59 Å². The van der Waals surface area contributed by atoms with E-state index in [2.05, 4.69) is 22.3 Å². The molecule has 0 saturated carbocycles. The van der Waals surface area contributed by atoms with Crippen molar-refractivity contribution in [1.82, 2.24) is 20.0 Å². The Kier molecular flexibility index (Phi) is 4.51. The fraction of sp³-hybridized carbons (Fsp3) is 0.500. The van der Waals surface area contributed by atoms with Crippen LogP contribution in [0.25, 0.3) is 0 Å². The Bertz CT molecular complexity index is 689. The highest BCUT2D eigenvalue weighted by Crippen LogP contribution is 2.24. The third-order valence-electron chi connectivity index (χ3n) is 4.92. The lowest BCUT2D eigenvalue weighted by Gasteiger charge is -2.40. The molecule has 2 saturated heterocycles. The maximum atomic E-state index is 12.7. The monoisotopic (exact) mass is 344 g/mol. The third kappa shape index (κ3) is 3.37. The zero-order valence-corrected chi connectivity index (χ0v) is 14.9. The smallest absolute Gasteiger partial charge is 0.325 e. The van der Waals surface area contributed by atoms with Gasteiger partial charge >= 0.3 is 6.03 Å². The number of nitrogens with one attached hydrogen (secondary N) is 1. The summed E-state index contributed by atoms with van der Waals surface area (Å²) in [6.07, 6.45) is 0. The van der Waals surface area contributed by atoms with Crippen molar-refractivity contribution in [1.29, 1.82) is 0 Å². The van der Waals surface area contributed by atoms with Crippen molar-refractivity contribution in [3.05, 3.63) is 35.9 Å². The molecule has 0 unspecified atom stereocenters. The van der Waals surface area contributed by atoms with Crippen LogP contribution in [0.5, 0.6) is 0 Å². The van der Waals surface area contributed by atoms with Crippen LogP contribution in [0.4, 0.5) is 4.79 Å². The van der Waals surface area contributed by atoms with Crippen LogP contribution in [-0.4, -0.2) is 71.3 Å². The second kappa shape index (κ2) is 6.48. The molecule has 2 aliphatic rings. The minimum absolute atomic E-state index is 0.110. The minimum Gasteiger partial charge on any atom is -0.338 e. The summed E-state index contributed by atoms with van der Waals surface area (Å²) in [7, 11) is 2.04. The van der Waals surface area contributed by atoms with Gasteiger partial charge in [-0.1, -0.05) is 30.3 Å². The van der Waals surface area contributed by atoms with Crippen LogP contribution in [0.2, 0.25) is 0 Å². The zero-order valence-electron chi connectivity index (χ0n) is 14.9. The number of nitrogens with zero attached hydrogens (tertiary/aromatic N) is 3. The fourth-order valence-corrected chi connectivity index (χ4v) is 3.33. The van der Waals surface area contributed by atoms with Crippen LogP contribution >= 0.6 is 0 Å². The first kappa shape index (κ1) is 17.4. The van der Waals surface area contributed by atoms with Crippen molar-refractivity contribution < 1.29 is 14.4 Å².